The minimum absolute atomic E-state index is 0.273. The summed E-state index contributed by atoms with van der Waals surface area (Å²) >= 11 is -0.0927. The molecule has 31 heavy (non-hydrogen) atoms. The third kappa shape index (κ3) is 6.85. The molecule has 0 radical (unpaired) electrons. The van der Waals surface area contributed by atoms with Crippen molar-refractivity contribution in [3.05, 3.63) is 16.5 Å². The molecule has 0 saturated heterocycles. The zero-order valence-corrected chi connectivity index (χ0v) is 27.0. The fourth-order valence-electron chi connectivity index (χ4n) is 4.92. The van der Waals surface area contributed by atoms with Crippen LogP contribution in [0.15, 0.2) is 6.07 Å². The van der Waals surface area contributed by atoms with Crippen LogP contribution >= 0.6 is 11.3 Å². The van der Waals surface area contributed by atoms with E-state index in [2.05, 4.69) is 79.0 Å². The van der Waals surface area contributed by atoms with E-state index >= 15 is 0 Å². The zero-order chi connectivity index (χ0) is 23.3. The fourth-order valence-corrected chi connectivity index (χ4v) is 26.8. The van der Waals surface area contributed by atoms with Gasteiger partial charge in [0, 0.05) is 0 Å². The van der Waals surface area contributed by atoms with Gasteiger partial charge in [-0.3, -0.25) is 0 Å². The molecule has 1 heterocycles. The molecule has 1 nitrogen and oxygen atoms in total. The predicted molar refractivity (Wildman–Crippen MR) is 147 cm³/mol. The van der Waals surface area contributed by atoms with Gasteiger partial charge in [-0.2, -0.15) is 0 Å². The number of fused-ring (bicyclic) bond motifs is 1. The predicted octanol–water partition coefficient (Wildman–Crippen LogP) is 9.45. The Morgan fingerprint density at radius 3 is 1.97 bits per heavy atom. The molecule has 0 fully saturated rings. The van der Waals surface area contributed by atoms with Crippen molar-refractivity contribution < 1.29 is 4.43 Å². The second-order valence-corrected chi connectivity index (χ2v) is 31.9. The average Bonchev–Trinajstić information content (AvgIpc) is 3.14. The van der Waals surface area contributed by atoms with E-state index in [-0.39, 0.29) is 5.04 Å². The molecule has 0 bridgehead atoms. The van der Waals surface area contributed by atoms with Gasteiger partial charge in [0.15, 0.2) is 0 Å². The van der Waals surface area contributed by atoms with Gasteiger partial charge in [-0.1, -0.05) is 0 Å². The van der Waals surface area contributed by atoms with Crippen LogP contribution in [0.2, 0.25) is 31.4 Å². The van der Waals surface area contributed by atoms with Crippen LogP contribution in [-0.4, -0.2) is 26.7 Å². The summed E-state index contributed by atoms with van der Waals surface area (Å²) in [6.45, 7) is 21.6. The summed E-state index contributed by atoms with van der Waals surface area (Å²) in [5, 5.41) is 0.273. The molecule has 1 aromatic rings. The van der Waals surface area contributed by atoms with Gasteiger partial charge in [0.2, 0.25) is 0 Å². The summed E-state index contributed by atoms with van der Waals surface area (Å²) in [7, 11) is -1.78. The first kappa shape index (κ1) is 27.9. The molecular weight excluding hydrogens is 519 g/mol. The van der Waals surface area contributed by atoms with Gasteiger partial charge in [-0.15, -0.1) is 0 Å². The Morgan fingerprint density at radius 2 is 1.52 bits per heavy atom. The number of thiophene rings is 1. The Morgan fingerprint density at radius 1 is 1.00 bits per heavy atom. The molecule has 1 aliphatic rings. The van der Waals surface area contributed by atoms with Crippen molar-refractivity contribution in [1.82, 2.24) is 0 Å². The van der Waals surface area contributed by atoms with Gasteiger partial charge in [-0.25, -0.2) is 0 Å². The van der Waals surface area contributed by atoms with Gasteiger partial charge in [0.05, 0.1) is 0 Å². The number of hydrogen-bond acceptors (Lipinski definition) is 2. The standard InChI is InChI=1S/C15H25OSSi.3C4H9.Sn/c1-11-7-8-13-12(9-10-17-13)14(11)16-18(5,6)15(2,3)4;3*1-3-4-2;/h9,11,14H,7-8H2,1-6H3;3*1,3-4H2,2H3;. The Labute approximate surface area is 204 Å². The van der Waals surface area contributed by atoms with E-state index in [9.17, 15) is 0 Å². The van der Waals surface area contributed by atoms with Crippen LogP contribution in [0.5, 0.6) is 0 Å². The van der Waals surface area contributed by atoms with Crippen molar-refractivity contribution in [2.75, 3.05) is 0 Å². The maximum atomic E-state index is 7.12. The summed E-state index contributed by atoms with van der Waals surface area (Å²) in [4.78, 5) is 1.70. The van der Waals surface area contributed by atoms with Gasteiger partial charge < -0.3 is 0 Å². The zero-order valence-electron chi connectivity index (χ0n) is 22.3. The van der Waals surface area contributed by atoms with E-state index < -0.39 is 26.7 Å². The second-order valence-electron chi connectivity index (χ2n) is 11.9. The van der Waals surface area contributed by atoms with E-state index in [1.165, 1.54) is 51.4 Å². The molecule has 4 heteroatoms. The first-order chi connectivity index (χ1) is 14.5. The third-order valence-electron chi connectivity index (χ3n) is 8.27. The average molecular weight is 572 g/mol. The fraction of sp³-hybridized carbons (Fsp3) is 0.852. The molecule has 0 aromatic carbocycles. The third-order valence-corrected chi connectivity index (χ3v) is 32.1. The molecule has 0 aliphatic heterocycles. The number of aryl methyl sites for hydroxylation is 1. The van der Waals surface area contributed by atoms with E-state index in [1.807, 2.05) is 2.89 Å². The van der Waals surface area contributed by atoms with Crippen molar-refractivity contribution in [2.45, 2.75) is 137 Å². The molecular formula is C27H52OSSiSn. The summed E-state index contributed by atoms with van der Waals surface area (Å²) in [6, 6.07) is 2.74. The van der Waals surface area contributed by atoms with Crippen LogP contribution in [0.3, 0.4) is 0 Å². The van der Waals surface area contributed by atoms with E-state index in [0.29, 0.717) is 12.0 Å². The second kappa shape index (κ2) is 11.9. The van der Waals surface area contributed by atoms with Crippen molar-refractivity contribution in [1.29, 1.82) is 0 Å². The SMILES string of the molecule is CCC[CH2][Sn]([CH2]CCC)([CH2]CCC)[c]1cc2c(s1)CCC(C)C2O[Si](C)(C)C(C)(C)C. The maximum absolute atomic E-state index is 7.12. The quantitative estimate of drug-likeness (QED) is 0.227. The van der Waals surface area contributed by atoms with Crippen molar-refractivity contribution >= 4 is 40.9 Å². The van der Waals surface area contributed by atoms with Crippen molar-refractivity contribution in [2.24, 2.45) is 5.92 Å². The van der Waals surface area contributed by atoms with Crippen molar-refractivity contribution in [3.8, 4) is 0 Å². The van der Waals surface area contributed by atoms with E-state index in [0.717, 1.165) is 0 Å². The normalized spacial score (nSPS) is 20.2. The van der Waals surface area contributed by atoms with Crippen LogP contribution in [0.1, 0.15) is 110 Å². The first-order valence-corrected chi connectivity index (χ1v) is 24.5. The minimum atomic E-state index is -2.35. The molecule has 0 amide bonds. The monoisotopic (exact) mass is 572 g/mol. The molecule has 2 atom stereocenters. The van der Waals surface area contributed by atoms with Gasteiger partial charge in [0.25, 0.3) is 0 Å². The molecule has 0 spiro atoms. The topological polar surface area (TPSA) is 9.23 Å². The molecule has 2 rings (SSSR count). The Bertz CT molecular complexity index is 653. The summed E-state index contributed by atoms with van der Waals surface area (Å²) in [5.41, 5.74) is 1.62. The molecule has 1 aliphatic carbocycles. The van der Waals surface area contributed by atoms with E-state index in [1.54, 1.807) is 23.8 Å². The van der Waals surface area contributed by atoms with Crippen LogP contribution in [0.25, 0.3) is 0 Å². The molecule has 0 saturated carbocycles. The molecule has 0 N–H and O–H groups in total. The van der Waals surface area contributed by atoms with Crippen molar-refractivity contribution in [3.63, 3.8) is 0 Å². The number of hydrogen-bond donors (Lipinski definition) is 0. The molecule has 2 unspecified atom stereocenters. The summed E-state index contributed by atoms with van der Waals surface area (Å²) < 4.78 is 13.8. The molecule has 1 aromatic heterocycles. The van der Waals surface area contributed by atoms with E-state index in [4.69, 9.17) is 4.43 Å². The first-order valence-electron chi connectivity index (χ1n) is 13.3. The van der Waals surface area contributed by atoms with Gasteiger partial charge in [-0.05, 0) is 0 Å². The Kier molecular flexibility index (Phi) is 10.7. The van der Waals surface area contributed by atoms with Crippen LogP contribution in [0, 0.1) is 5.92 Å². The number of rotatable bonds is 12. The molecule has 180 valence electrons. The Balaban J connectivity index is 2.45. The number of unbranched alkanes of at least 4 members (excludes halogenated alkanes) is 3. The van der Waals surface area contributed by atoms with Crippen LogP contribution in [0.4, 0.5) is 0 Å². The van der Waals surface area contributed by atoms with Crippen LogP contribution < -0.4 is 2.89 Å². The summed E-state index contributed by atoms with van der Waals surface area (Å²) in [5.74, 6) is 0.649. The summed E-state index contributed by atoms with van der Waals surface area (Å²) in [6.07, 6.45) is 11.3. The van der Waals surface area contributed by atoms with Crippen LogP contribution in [-0.2, 0) is 10.8 Å². The van der Waals surface area contributed by atoms with Gasteiger partial charge >= 0.3 is 205 Å². The Hall–Kier alpha value is 0.676. The van der Waals surface area contributed by atoms with Gasteiger partial charge in [0.1, 0.15) is 0 Å².